The molecule has 0 aliphatic rings. The lowest BCUT2D eigenvalue weighted by Crippen LogP contribution is -2.23. The Hall–Kier alpha value is -2.42. The molecule has 1 N–H and O–H groups in total. The second-order valence-electron chi connectivity index (χ2n) is 5.78. The molecule has 0 saturated heterocycles. The summed E-state index contributed by atoms with van der Waals surface area (Å²) >= 11 is 1.48. The van der Waals surface area contributed by atoms with Crippen LogP contribution in [0.3, 0.4) is 0 Å². The third-order valence-electron chi connectivity index (χ3n) is 3.97. The zero-order valence-corrected chi connectivity index (χ0v) is 16.9. The van der Waals surface area contributed by atoms with Crippen LogP contribution in [0.5, 0.6) is 11.5 Å². The van der Waals surface area contributed by atoms with Gasteiger partial charge in [-0.3, -0.25) is 0 Å². The van der Waals surface area contributed by atoms with E-state index >= 15 is 0 Å². The molecule has 2 aromatic carbocycles. The van der Waals surface area contributed by atoms with E-state index < -0.39 is 10.0 Å². The molecule has 0 radical (unpaired) electrons. The van der Waals surface area contributed by atoms with Crippen LogP contribution in [0, 0.1) is 6.92 Å². The van der Waals surface area contributed by atoms with Crippen molar-refractivity contribution in [1.82, 2.24) is 9.71 Å². The maximum Gasteiger partial charge on any atom is 0.240 e. The Kier molecular flexibility index (Phi) is 5.79. The fourth-order valence-corrected chi connectivity index (χ4v) is 4.25. The van der Waals surface area contributed by atoms with Crippen molar-refractivity contribution in [2.45, 2.75) is 18.4 Å². The first-order valence-electron chi connectivity index (χ1n) is 8.16. The maximum absolute atomic E-state index is 12.7. The van der Waals surface area contributed by atoms with Gasteiger partial charge in [-0.05, 0) is 42.8 Å². The predicted octanol–water partition coefficient (Wildman–Crippen LogP) is 3.61. The second kappa shape index (κ2) is 8.08. The van der Waals surface area contributed by atoms with E-state index in [2.05, 4.69) is 9.71 Å². The SMILES string of the molecule is COc1cccc(-c2cc(S(=O)(=O)NCc3csc(C)n3)ccc2OC)c1. The van der Waals surface area contributed by atoms with Crippen molar-refractivity contribution in [3.8, 4) is 22.6 Å². The number of hydrogen-bond donors (Lipinski definition) is 1. The number of hydrogen-bond acceptors (Lipinski definition) is 6. The maximum atomic E-state index is 12.7. The Morgan fingerprint density at radius 3 is 2.59 bits per heavy atom. The molecular formula is C19H20N2O4S2. The van der Waals surface area contributed by atoms with Gasteiger partial charge in [0.05, 0.1) is 36.4 Å². The molecular weight excluding hydrogens is 384 g/mol. The van der Waals surface area contributed by atoms with Gasteiger partial charge in [0.15, 0.2) is 0 Å². The van der Waals surface area contributed by atoms with Crippen molar-refractivity contribution in [3.05, 3.63) is 58.5 Å². The molecule has 6 nitrogen and oxygen atoms in total. The predicted molar refractivity (Wildman–Crippen MR) is 106 cm³/mol. The van der Waals surface area contributed by atoms with Gasteiger partial charge in [-0.1, -0.05) is 12.1 Å². The van der Waals surface area contributed by atoms with Crippen LogP contribution in [0.25, 0.3) is 11.1 Å². The Bertz CT molecular complexity index is 1050. The number of benzene rings is 2. The molecule has 3 rings (SSSR count). The molecule has 0 saturated carbocycles. The molecule has 0 unspecified atom stereocenters. The zero-order valence-electron chi connectivity index (χ0n) is 15.2. The quantitative estimate of drug-likeness (QED) is 0.651. The average Bonchev–Trinajstić information content (AvgIpc) is 3.11. The molecule has 0 bridgehead atoms. The highest BCUT2D eigenvalue weighted by Crippen LogP contribution is 2.33. The smallest absolute Gasteiger partial charge is 0.240 e. The van der Waals surface area contributed by atoms with Crippen LogP contribution in [0.15, 0.2) is 52.7 Å². The molecule has 8 heteroatoms. The highest BCUT2D eigenvalue weighted by atomic mass is 32.2. The van der Waals surface area contributed by atoms with Crippen molar-refractivity contribution in [2.75, 3.05) is 14.2 Å². The van der Waals surface area contributed by atoms with Gasteiger partial charge in [-0.2, -0.15) is 0 Å². The summed E-state index contributed by atoms with van der Waals surface area (Å²) in [5.41, 5.74) is 2.17. The zero-order chi connectivity index (χ0) is 19.4. The third kappa shape index (κ3) is 4.47. The van der Waals surface area contributed by atoms with E-state index in [1.165, 1.54) is 17.4 Å². The van der Waals surface area contributed by atoms with Crippen LogP contribution in [0.4, 0.5) is 0 Å². The fraction of sp³-hybridized carbons (Fsp3) is 0.211. The van der Waals surface area contributed by atoms with E-state index in [1.807, 2.05) is 36.6 Å². The van der Waals surface area contributed by atoms with Crippen molar-refractivity contribution in [1.29, 1.82) is 0 Å². The van der Waals surface area contributed by atoms with Crippen molar-refractivity contribution in [3.63, 3.8) is 0 Å². The van der Waals surface area contributed by atoms with E-state index in [9.17, 15) is 8.42 Å². The number of thiazole rings is 1. The minimum Gasteiger partial charge on any atom is -0.497 e. The first kappa shape index (κ1) is 19.3. The Morgan fingerprint density at radius 2 is 1.93 bits per heavy atom. The molecule has 0 aliphatic carbocycles. The Labute approximate surface area is 162 Å². The summed E-state index contributed by atoms with van der Waals surface area (Å²) in [6.45, 7) is 2.03. The number of ether oxygens (including phenoxy) is 2. The summed E-state index contributed by atoms with van der Waals surface area (Å²) in [6.07, 6.45) is 0. The minimum atomic E-state index is -3.69. The monoisotopic (exact) mass is 404 g/mol. The molecule has 142 valence electrons. The molecule has 0 amide bonds. The van der Waals surface area contributed by atoms with Gasteiger partial charge in [0.1, 0.15) is 11.5 Å². The number of sulfonamides is 1. The summed E-state index contributed by atoms with van der Waals surface area (Å²) in [5.74, 6) is 1.26. The van der Waals surface area contributed by atoms with Gasteiger partial charge in [-0.15, -0.1) is 11.3 Å². The average molecular weight is 405 g/mol. The molecule has 0 atom stereocenters. The largest absolute Gasteiger partial charge is 0.497 e. The first-order chi connectivity index (χ1) is 12.9. The van der Waals surface area contributed by atoms with Gasteiger partial charge in [0.25, 0.3) is 0 Å². The molecule has 0 aliphatic heterocycles. The van der Waals surface area contributed by atoms with Crippen LogP contribution in [0.1, 0.15) is 10.7 Å². The summed E-state index contributed by atoms with van der Waals surface area (Å²) in [5, 5.41) is 2.74. The number of aryl methyl sites for hydroxylation is 1. The Morgan fingerprint density at radius 1 is 1.11 bits per heavy atom. The number of aromatic nitrogens is 1. The molecule has 0 spiro atoms. The lowest BCUT2D eigenvalue weighted by molar-refractivity contribution is 0.413. The normalized spacial score (nSPS) is 11.4. The van der Waals surface area contributed by atoms with Crippen LogP contribution < -0.4 is 14.2 Å². The van der Waals surface area contributed by atoms with E-state index in [0.717, 1.165) is 10.6 Å². The first-order valence-corrected chi connectivity index (χ1v) is 10.5. The Balaban J connectivity index is 1.93. The number of nitrogens with zero attached hydrogens (tertiary/aromatic N) is 1. The standard InChI is InChI=1S/C19H20N2O4S2/c1-13-21-15(12-26-13)11-20-27(22,23)17-7-8-19(25-3)18(10-17)14-5-4-6-16(9-14)24-2/h4-10,12,20H,11H2,1-3H3. The summed E-state index contributed by atoms with van der Waals surface area (Å²) in [7, 11) is -0.556. The third-order valence-corrected chi connectivity index (χ3v) is 6.19. The fourth-order valence-electron chi connectivity index (χ4n) is 2.61. The lowest BCUT2D eigenvalue weighted by atomic mass is 10.0. The van der Waals surface area contributed by atoms with Gasteiger partial charge in [-0.25, -0.2) is 18.1 Å². The van der Waals surface area contributed by atoms with Gasteiger partial charge >= 0.3 is 0 Å². The number of nitrogens with one attached hydrogen (secondary N) is 1. The number of rotatable bonds is 7. The van der Waals surface area contributed by atoms with Crippen molar-refractivity contribution < 1.29 is 17.9 Å². The van der Waals surface area contributed by atoms with E-state index in [1.54, 1.807) is 26.4 Å². The van der Waals surface area contributed by atoms with E-state index in [0.29, 0.717) is 22.8 Å². The van der Waals surface area contributed by atoms with E-state index in [4.69, 9.17) is 9.47 Å². The van der Waals surface area contributed by atoms with Gasteiger partial charge in [0.2, 0.25) is 10.0 Å². The van der Waals surface area contributed by atoms with Crippen LogP contribution in [-0.2, 0) is 16.6 Å². The van der Waals surface area contributed by atoms with Crippen LogP contribution >= 0.6 is 11.3 Å². The summed E-state index contributed by atoms with van der Waals surface area (Å²) in [4.78, 5) is 4.44. The second-order valence-corrected chi connectivity index (χ2v) is 8.61. The molecule has 3 aromatic rings. The number of methoxy groups -OCH3 is 2. The highest BCUT2D eigenvalue weighted by Gasteiger charge is 2.18. The highest BCUT2D eigenvalue weighted by molar-refractivity contribution is 7.89. The molecule has 0 fully saturated rings. The molecule has 1 heterocycles. The lowest BCUT2D eigenvalue weighted by Gasteiger charge is -2.13. The van der Waals surface area contributed by atoms with Crippen LogP contribution in [0.2, 0.25) is 0 Å². The van der Waals surface area contributed by atoms with Crippen molar-refractivity contribution in [2.24, 2.45) is 0 Å². The molecule has 1 aromatic heterocycles. The summed E-state index contributed by atoms with van der Waals surface area (Å²) in [6, 6.07) is 12.2. The van der Waals surface area contributed by atoms with Crippen molar-refractivity contribution >= 4 is 21.4 Å². The van der Waals surface area contributed by atoms with Crippen LogP contribution in [-0.4, -0.2) is 27.6 Å². The minimum absolute atomic E-state index is 0.146. The molecule has 27 heavy (non-hydrogen) atoms. The topological polar surface area (TPSA) is 77.5 Å². The summed E-state index contributed by atoms with van der Waals surface area (Å²) < 4.78 is 38.7. The van der Waals surface area contributed by atoms with E-state index in [-0.39, 0.29) is 11.4 Å². The van der Waals surface area contributed by atoms with Gasteiger partial charge in [0, 0.05) is 10.9 Å². The van der Waals surface area contributed by atoms with Gasteiger partial charge < -0.3 is 9.47 Å².